The smallest absolute Gasteiger partial charge is 0.408 e. The summed E-state index contributed by atoms with van der Waals surface area (Å²) in [6.45, 7) is 7.38. The van der Waals surface area contributed by atoms with E-state index >= 15 is 0 Å². The van der Waals surface area contributed by atoms with Gasteiger partial charge in [-0.1, -0.05) is 40.5 Å². The lowest BCUT2D eigenvalue weighted by Crippen LogP contribution is -2.57. The number of carboxylic acids is 1. The van der Waals surface area contributed by atoms with Gasteiger partial charge in [0, 0.05) is 12.0 Å². The van der Waals surface area contributed by atoms with Gasteiger partial charge in [-0.2, -0.15) is 0 Å². The second-order valence-corrected chi connectivity index (χ2v) is 14.5. The summed E-state index contributed by atoms with van der Waals surface area (Å²) in [5.74, 6) is 0.338. The fourth-order valence-corrected chi connectivity index (χ4v) is 7.96. The van der Waals surface area contributed by atoms with Crippen molar-refractivity contribution in [3.05, 3.63) is 23.9 Å². The van der Waals surface area contributed by atoms with Gasteiger partial charge in [0.2, 0.25) is 11.8 Å². The first-order chi connectivity index (χ1) is 21.4. The van der Waals surface area contributed by atoms with E-state index in [-0.39, 0.29) is 12.6 Å². The van der Waals surface area contributed by atoms with E-state index in [4.69, 9.17) is 24.2 Å². The van der Waals surface area contributed by atoms with E-state index in [0.717, 1.165) is 43.3 Å². The van der Waals surface area contributed by atoms with Gasteiger partial charge in [0.05, 0.1) is 24.7 Å². The Hall–Kier alpha value is -3.63. The number of aliphatic carboxylic acids is 1. The second kappa shape index (κ2) is 12.3. The molecule has 2 aliphatic carbocycles. The summed E-state index contributed by atoms with van der Waals surface area (Å²) in [6.07, 6.45) is 6.30. The molecule has 8 atom stereocenters. The van der Waals surface area contributed by atoms with Gasteiger partial charge in [-0.3, -0.25) is 4.79 Å². The third-order valence-electron chi connectivity index (χ3n) is 10.6. The van der Waals surface area contributed by atoms with Crippen molar-refractivity contribution < 1.29 is 33.7 Å². The Balaban J connectivity index is 1.36. The molecule has 11 heteroatoms. The highest BCUT2D eigenvalue weighted by molar-refractivity contribution is 5.90. The number of rotatable bonds is 2. The van der Waals surface area contributed by atoms with Crippen molar-refractivity contribution >= 4 is 29.0 Å². The molecule has 2 aliphatic heterocycles. The van der Waals surface area contributed by atoms with Crippen LogP contribution in [-0.2, 0) is 20.7 Å². The van der Waals surface area contributed by atoms with E-state index in [9.17, 15) is 19.5 Å². The van der Waals surface area contributed by atoms with Crippen molar-refractivity contribution in [1.82, 2.24) is 20.2 Å². The maximum atomic E-state index is 14.2. The molecule has 1 saturated heterocycles. The van der Waals surface area contributed by atoms with Crippen LogP contribution in [0.1, 0.15) is 78.3 Å². The summed E-state index contributed by atoms with van der Waals surface area (Å²) in [7, 11) is 1.59. The number of hydrogen-bond acceptors (Lipinski definition) is 8. The summed E-state index contributed by atoms with van der Waals surface area (Å²) in [5, 5.41) is 13.2. The number of hydrogen-bond donors (Lipinski definition) is 2. The first-order valence-corrected chi connectivity index (χ1v) is 16.5. The van der Waals surface area contributed by atoms with Gasteiger partial charge < -0.3 is 29.5 Å². The topological polar surface area (TPSA) is 140 Å². The molecule has 2 amide bonds. The number of carbonyl (C=O) groups excluding carboxylic acids is 2. The van der Waals surface area contributed by atoms with Gasteiger partial charge in [-0.25, -0.2) is 19.6 Å². The third kappa shape index (κ3) is 6.14. The van der Waals surface area contributed by atoms with E-state index in [1.54, 1.807) is 20.1 Å². The number of aromatic nitrogens is 2. The summed E-state index contributed by atoms with van der Waals surface area (Å²) >= 11 is 0. The number of methoxy groups -OCH3 is 1. The number of amides is 2. The highest BCUT2D eigenvalue weighted by atomic mass is 16.6. The number of aryl methyl sites for hydroxylation is 1. The first-order valence-electron chi connectivity index (χ1n) is 16.5. The molecule has 11 nitrogen and oxygen atoms in total. The SMILES string of the molecule is COc1ccc2nc3c(nc2c1)OC1CN(C(=O)C(C(C)(C)C)NC(=O)OC2CC4CCC4C2CCCCC3)C(C(=O)O)C1C. The van der Waals surface area contributed by atoms with E-state index in [2.05, 4.69) is 5.32 Å². The fourth-order valence-electron chi connectivity index (χ4n) is 7.96. The fraction of sp³-hybridized carbons (Fsp3) is 0.676. The highest BCUT2D eigenvalue weighted by Crippen LogP contribution is 2.53. The average Bonchev–Trinajstić information content (AvgIpc) is 3.41. The molecule has 1 aromatic heterocycles. The van der Waals surface area contributed by atoms with Crippen LogP contribution in [0, 0.1) is 29.1 Å². The monoisotopic (exact) mass is 622 g/mol. The summed E-state index contributed by atoms with van der Waals surface area (Å²) < 4.78 is 18.0. The molecular formula is C34H46N4O7. The Morgan fingerprint density at radius 1 is 1.02 bits per heavy atom. The summed E-state index contributed by atoms with van der Waals surface area (Å²) in [6, 6.07) is 3.40. The lowest BCUT2D eigenvalue weighted by atomic mass is 9.71. The van der Waals surface area contributed by atoms with Crippen LogP contribution in [0.25, 0.3) is 11.0 Å². The number of nitrogens with zero attached hydrogens (tertiary/aromatic N) is 3. The Morgan fingerprint density at radius 2 is 1.82 bits per heavy atom. The molecule has 6 rings (SSSR count). The van der Waals surface area contributed by atoms with Crippen molar-refractivity contribution in [2.24, 2.45) is 29.1 Å². The molecule has 244 valence electrons. The Bertz CT molecular complexity index is 1460. The van der Waals surface area contributed by atoms with Gasteiger partial charge >= 0.3 is 12.1 Å². The molecule has 8 unspecified atom stereocenters. The molecule has 1 aromatic carbocycles. The van der Waals surface area contributed by atoms with Crippen molar-refractivity contribution in [2.75, 3.05) is 13.7 Å². The van der Waals surface area contributed by atoms with Gasteiger partial charge in [0.15, 0.2) is 0 Å². The zero-order valence-corrected chi connectivity index (χ0v) is 27.0. The Morgan fingerprint density at radius 3 is 2.51 bits per heavy atom. The molecule has 45 heavy (non-hydrogen) atoms. The zero-order chi connectivity index (χ0) is 32.0. The van der Waals surface area contributed by atoms with Crippen molar-refractivity contribution in [3.63, 3.8) is 0 Å². The number of nitrogens with one attached hydrogen (secondary N) is 1. The molecule has 3 fully saturated rings. The summed E-state index contributed by atoms with van der Waals surface area (Å²) in [4.78, 5) is 51.3. The van der Waals surface area contributed by atoms with Crippen molar-refractivity contribution in [1.29, 1.82) is 0 Å². The lowest BCUT2D eigenvalue weighted by Gasteiger charge is -2.35. The quantitative estimate of drug-likeness (QED) is 0.474. The Labute approximate surface area is 264 Å². The van der Waals surface area contributed by atoms with Crippen molar-refractivity contribution in [2.45, 2.75) is 103 Å². The lowest BCUT2D eigenvalue weighted by molar-refractivity contribution is -0.151. The van der Waals surface area contributed by atoms with Crippen LogP contribution in [0.4, 0.5) is 4.79 Å². The molecule has 2 saturated carbocycles. The highest BCUT2D eigenvalue weighted by Gasteiger charge is 2.52. The molecule has 2 aromatic rings. The van der Waals surface area contributed by atoms with Gasteiger partial charge in [0.25, 0.3) is 0 Å². The van der Waals surface area contributed by atoms with E-state index in [1.165, 1.54) is 17.7 Å². The van der Waals surface area contributed by atoms with E-state index in [0.29, 0.717) is 41.3 Å². The largest absolute Gasteiger partial charge is 0.497 e. The molecule has 4 aliphatic rings. The maximum Gasteiger partial charge on any atom is 0.408 e. The predicted molar refractivity (Wildman–Crippen MR) is 166 cm³/mol. The molecular weight excluding hydrogens is 576 g/mol. The van der Waals surface area contributed by atoms with Crippen LogP contribution in [-0.4, -0.2) is 75.9 Å². The second-order valence-electron chi connectivity index (χ2n) is 14.5. The number of fused-ring (bicyclic) bond motifs is 7. The summed E-state index contributed by atoms with van der Waals surface area (Å²) in [5.41, 5.74) is 1.36. The van der Waals surface area contributed by atoms with Crippen LogP contribution < -0.4 is 14.8 Å². The molecule has 0 spiro atoms. The minimum absolute atomic E-state index is 0.0333. The van der Waals surface area contributed by atoms with Crippen molar-refractivity contribution in [3.8, 4) is 11.6 Å². The van der Waals surface area contributed by atoms with Crippen LogP contribution >= 0.6 is 0 Å². The van der Waals surface area contributed by atoms with E-state index in [1.807, 2.05) is 32.9 Å². The van der Waals surface area contributed by atoms with Gasteiger partial charge in [0.1, 0.15) is 35.7 Å². The zero-order valence-electron chi connectivity index (χ0n) is 27.0. The molecule has 0 radical (unpaired) electrons. The minimum Gasteiger partial charge on any atom is -0.497 e. The molecule has 3 heterocycles. The van der Waals surface area contributed by atoms with Gasteiger partial charge in [-0.05, 0) is 73.8 Å². The molecule has 2 N–H and O–H groups in total. The van der Waals surface area contributed by atoms with Crippen LogP contribution in [0.5, 0.6) is 11.6 Å². The van der Waals surface area contributed by atoms with Crippen LogP contribution in [0.3, 0.4) is 0 Å². The Kier molecular flexibility index (Phi) is 8.56. The average molecular weight is 623 g/mol. The van der Waals surface area contributed by atoms with E-state index < -0.39 is 47.5 Å². The number of carboxylic acid groups (broad SMARTS) is 1. The number of carbonyl (C=O) groups is 3. The first kappa shape index (κ1) is 31.4. The number of benzene rings is 1. The predicted octanol–water partition coefficient (Wildman–Crippen LogP) is 4.99. The van der Waals surface area contributed by atoms with Gasteiger partial charge in [-0.15, -0.1) is 0 Å². The molecule has 2 bridgehead atoms. The third-order valence-corrected chi connectivity index (χ3v) is 10.6. The maximum absolute atomic E-state index is 14.2. The standard InChI is InChI=1S/C34H46N4O7/c1-18-27-17-38(28(18)32(40)41)31(39)29(34(2,3)4)37-33(42)45-26-15-19-11-13-21(19)22(26)9-7-6-8-10-24-30(44-27)36-25-16-20(43-5)12-14-23(25)35-24/h12,14,16,18-19,21-22,26-29H,6-11,13,15,17H2,1-5H3,(H,37,42)(H,40,41). The van der Waals surface area contributed by atoms with Crippen LogP contribution in [0.2, 0.25) is 0 Å². The number of alkyl carbamates (subject to hydrolysis) is 1. The van der Waals surface area contributed by atoms with Crippen LogP contribution in [0.15, 0.2) is 18.2 Å². The minimum atomic E-state index is -1.14. The normalized spacial score (nSPS) is 32.5. The number of ether oxygens (including phenoxy) is 3.